The van der Waals surface area contributed by atoms with Gasteiger partial charge >= 0.3 is 0 Å². The third-order valence-corrected chi connectivity index (χ3v) is 2.89. The standard InChI is InChI=1S/C14H18N6O/c1-3-9(2)14(21)18-10-6-4-5-7-11(10)19-20-12(8-15)13(16)17/h4-7,9,19H,3H2,1-2H3,(H3,16,17)(H,18,21)/b20-12+. The van der Waals surface area contributed by atoms with Crippen LogP contribution in [0.1, 0.15) is 20.3 Å². The lowest BCUT2D eigenvalue weighted by atomic mass is 10.1. The zero-order valence-electron chi connectivity index (χ0n) is 12.0. The van der Waals surface area contributed by atoms with E-state index in [1.807, 2.05) is 13.8 Å². The molecule has 0 aliphatic carbocycles. The summed E-state index contributed by atoms with van der Waals surface area (Å²) in [6.45, 7) is 3.78. The molecule has 0 aliphatic rings. The van der Waals surface area contributed by atoms with Crippen LogP contribution in [-0.2, 0) is 4.79 Å². The van der Waals surface area contributed by atoms with Crippen molar-refractivity contribution in [2.45, 2.75) is 20.3 Å². The van der Waals surface area contributed by atoms with Gasteiger partial charge in [-0.3, -0.25) is 15.6 Å². The van der Waals surface area contributed by atoms with Crippen molar-refractivity contribution in [3.63, 3.8) is 0 Å². The third-order valence-electron chi connectivity index (χ3n) is 2.89. The highest BCUT2D eigenvalue weighted by Gasteiger charge is 2.12. The first kappa shape index (κ1) is 16.2. The van der Waals surface area contributed by atoms with Gasteiger partial charge in [-0.15, -0.1) is 0 Å². The summed E-state index contributed by atoms with van der Waals surface area (Å²) >= 11 is 0. The van der Waals surface area contributed by atoms with E-state index in [1.165, 1.54) is 0 Å². The quantitative estimate of drug-likeness (QED) is 0.362. The van der Waals surface area contributed by atoms with Crippen molar-refractivity contribution < 1.29 is 4.79 Å². The average molecular weight is 286 g/mol. The Balaban J connectivity index is 2.93. The van der Waals surface area contributed by atoms with E-state index in [0.717, 1.165) is 6.42 Å². The Morgan fingerprint density at radius 3 is 2.62 bits per heavy atom. The molecule has 110 valence electrons. The van der Waals surface area contributed by atoms with Gasteiger partial charge in [-0.05, 0) is 18.6 Å². The van der Waals surface area contributed by atoms with Crippen molar-refractivity contribution in [1.29, 1.82) is 10.7 Å². The number of carbonyl (C=O) groups excluding carboxylic acids is 1. The van der Waals surface area contributed by atoms with E-state index in [9.17, 15) is 4.79 Å². The summed E-state index contributed by atoms with van der Waals surface area (Å²) in [7, 11) is 0. The number of hydrazone groups is 1. The maximum Gasteiger partial charge on any atom is 0.227 e. The van der Waals surface area contributed by atoms with Crippen molar-refractivity contribution in [1.82, 2.24) is 0 Å². The molecule has 0 bridgehead atoms. The number of anilines is 2. The molecule has 0 spiro atoms. The Bertz CT molecular complexity index is 602. The van der Waals surface area contributed by atoms with Crippen molar-refractivity contribution >= 4 is 28.8 Å². The second-order valence-corrected chi connectivity index (χ2v) is 4.44. The van der Waals surface area contributed by atoms with Gasteiger partial charge in [0, 0.05) is 5.92 Å². The first-order valence-electron chi connectivity index (χ1n) is 6.47. The molecule has 0 aliphatic heterocycles. The van der Waals surface area contributed by atoms with Crippen molar-refractivity contribution in [3.8, 4) is 6.07 Å². The van der Waals surface area contributed by atoms with Gasteiger partial charge in [-0.1, -0.05) is 26.0 Å². The number of hydrogen-bond donors (Lipinski definition) is 4. The number of para-hydroxylation sites is 2. The number of hydrogen-bond acceptors (Lipinski definition) is 5. The molecule has 1 amide bonds. The Hall–Kier alpha value is -2.88. The first-order chi connectivity index (χ1) is 9.99. The van der Waals surface area contributed by atoms with Crippen LogP contribution >= 0.6 is 0 Å². The smallest absolute Gasteiger partial charge is 0.227 e. The van der Waals surface area contributed by atoms with Crippen LogP contribution in [0, 0.1) is 22.7 Å². The van der Waals surface area contributed by atoms with E-state index in [1.54, 1.807) is 30.3 Å². The molecule has 0 saturated heterocycles. The van der Waals surface area contributed by atoms with Crippen LogP contribution in [0.4, 0.5) is 11.4 Å². The highest BCUT2D eigenvalue weighted by atomic mass is 16.1. The number of amidine groups is 1. The van der Waals surface area contributed by atoms with Gasteiger partial charge in [0.25, 0.3) is 0 Å². The van der Waals surface area contributed by atoms with Gasteiger partial charge < -0.3 is 11.1 Å². The van der Waals surface area contributed by atoms with Crippen LogP contribution in [0.5, 0.6) is 0 Å². The van der Waals surface area contributed by atoms with Crippen molar-refractivity contribution in [2.75, 3.05) is 10.7 Å². The van der Waals surface area contributed by atoms with Crippen LogP contribution in [-0.4, -0.2) is 17.5 Å². The number of benzene rings is 1. The number of nitrogens with zero attached hydrogens (tertiary/aromatic N) is 2. The molecule has 0 heterocycles. The number of carbonyl (C=O) groups is 1. The minimum Gasteiger partial charge on any atom is -0.382 e. The topological polar surface area (TPSA) is 127 Å². The Morgan fingerprint density at radius 1 is 1.48 bits per heavy atom. The van der Waals surface area contributed by atoms with Gasteiger partial charge in [-0.25, -0.2) is 0 Å². The minimum atomic E-state index is -0.425. The SMILES string of the molecule is CCC(C)C(=O)Nc1ccccc1N/N=C(\C#N)C(=N)N. The summed E-state index contributed by atoms with van der Waals surface area (Å²) in [5.41, 5.74) is 8.69. The van der Waals surface area contributed by atoms with Crippen LogP contribution in [0.25, 0.3) is 0 Å². The molecular formula is C14H18N6O. The summed E-state index contributed by atoms with van der Waals surface area (Å²) in [4.78, 5) is 11.9. The Kier molecular flexibility index (Phi) is 5.89. The minimum absolute atomic E-state index is 0.0946. The van der Waals surface area contributed by atoms with Crippen LogP contribution in [0.2, 0.25) is 0 Å². The highest BCUT2D eigenvalue weighted by Crippen LogP contribution is 2.22. The number of nitrogens with two attached hydrogens (primary N) is 1. The molecule has 7 nitrogen and oxygen atoms in total. The maximum atomic E-state index is 11.9. The number of amides is 1. The Labute approximate surface area is 123 Å². The zero-order valence-corrected chi connectivity index (χ0v) is 12.0. The third kappa shape index (κ3) is 4.62. The fourth-order valence-corrected chi connectivity index (χ4v) is 1.39. The predicted octanol–water partition coefficient (Wildman–Crippen LogP) is 1.90. The summed E-state index contributed by atoms with van der Waals surface area (Å²) in [6, 6.07) is 8.66. The van der Waals surface area contributed by atoms with Crippen molar-refractivity contribution in [3.05, 3.63) is 24.3 Å². The summed E-state index contributed by atoms with van der Waals surface area (Å²) in [5.74, 6) is -0.623. The number of nitriles is 1. The van der Waals surface area contributed by atoms with Gasteiger partial charge in [0.15, 0.2) is 5.84 Å². The van der Waals surface area contributed by atoms with E-state index in [2.05, 4.69) is 15.8 Å². The summed E-state index contributed by atoms with van der Waals surface area (Å²) < 4.78 is 0. The summed E-state index contributed by atoms with van der Waals surface area (Å²) in [6.07, 6.45) is 0.739. The van der Waals surface area contributed by atoms with Gasteiger partial charge in [0.1, 0.15) is 6.07 Å². The van der Waals surface area contributed by atoms with E-state index in [-0.39, 0.29) is 17.5 Å². The van der Waals surface area contributed by atoms with Crippen LogP contribution in [0.15, 0.2) is 29.4 Å². The fraction of sp³-hybridized carbons (Fsp3) is 0.286. The van der Waals surface area contributed by atoms with Crippen LogP contribution < -0.4 is 16.5 Å². The highest BCUT2D eigenvalue weighted by molar-refractivity contribution is 6.45. The molecule has 7 heteroatoms. The normalized spacial score (nSPS) is 12.1. The number of rotatable bonds is 6. The van der Waals surface area contributed by atoms with E-state index < -0.39 is 5.84 Å². The summed E-state index contributed by atoms with van der Waals surface area (Å²) in [5, 5.41) is 22.5. The molecule has 0 fully saturated rings. The maximum absolute atomic E-state index is 11.9. The molecule has 1 atom stereocenters. The van der Waals surface area contributed by atoms with Gasteiger partial charge in [0.2, 0.25) is 11.6 Å². The van der Waals surface area contributed by atoms with Gasteiger partial charge in [-0.2, -0.15) is 10.4 Å². The molecular weight excluding hydrogens is 268 g/mol. The zero-order chi connectivity index (χ0) is 15.8. The largest absolute Gasteiger partial charge is 0.382 e. The molecule has 0 radical (unpaired) electrons. The van der Waals surface area contributed by atoms with Gasteiger partial charge in [0.05, 0.1) is 11.4 Å². The second kappa shape index (κ2) is 7.65. The number of nitrogens with one attached hydrogen (secondary N) is 3. The molecule has 1 aromatic carbocycles. The van der Waals surface area contributed by atoms with E-state index >= 15 is 0 Å². The lowest BCUT2D eigenvalue weighted by molar-refractivity contribution is -0.119. The van der Waals surface area contributed by atoms with Crippen molar-refractivity contribution in [2.24, 2.45) is 16.8 Å². The molecule has 0 saturated carbocycles. The fourth-order valence-electron chi connectivity index (χ4n) is 1.39. The first-order valence-corrected chi connectivity index (χ1v) is 6.47. The lowest BCUT2D eigenvalue weighted by Crippen LogP contribution is -2.22. The Morgan fingerprint density at radius 2 is 2.10 bits per heavy atom. The monoisotopic (exact) mass is 286 g/mol. The molecule has 0 aromatic heterocycles. The van der Waals surface area contributed by atoms with Crippen LogP contribution in [0.3, 0.4) is 0 Å². The molecule has 21 heavy (non-hydrogen) atoms. The second-order valence-electron chi connectivity index (χ2n) is 4.44. The predicted molar refractivity (Wildman–Crippen MR) is 83.1 cm³/mol. The molecule has 5 N–H and O–H groups in total. The molecule has 1 aromatic rings. The van der Waals surface area contributed by atoms with E-state index in [0.29, 0.717) is 11.4 Å². The lowest BCUT2D eigenvalue weighted by Gasteiger charge is -2.13. The molecule has 1 unspecified atom stereocenters. The average Bonchev–Trinajstić information content (AvgIpc) is 2.48. The molecule has 1 rings (SSSR count). The van der Waals surface area contributed by atoms with E-state index in [4.69, 9.17) is 16.4 Å².